The molecule has 0 aliphatic carbocycles. The quantitative estimate of drug-likeness (QED) is 0.0988. The van der Waals surface area contributed by atoms with E-state index in [1.807, 2.05) is 69.9 Å². The summed E-state index contributed by atoms with van der Waals surface area (Å²) >= 11 is 13.4. The van der Waals surface area contributed by atoms with Gasteiger partial charge >= 0.3 is 5.97 Å². The van der Waals surface area contributed by atoms with Crippen molar-refractivity contribution in [3.8, 4) is 5.75 Å². The molecule has 260 valence electrons. The number of carbonyl (C=O) groups excluding carboxylic acids is 1. The van der Waals surface area contributed by atoms with E-state index >= 15 is 0 Å². The lowest BCUT2D eigenvalue weighted by Crippen LogP contribution is -2.42. The number of carbonyl (C=O) groups is 2. The number of benzene rings is 3. The molecule has 0 bridgehead atoms. The Morgan fingerprint density at radius 3 is 2.42 bits per heavy atom. The minimum absolute atomic E-state index is 0.156. The van der Waals surface area contributed by atoms with Crippen molar-refractivity contribution in [1.29, 1.82) is 5.41 Å². The smallest absolute Gasteiger partial charge is 0.335 e. The summed E-state index contributed by atoms with van der Waals surface area (Å²) in [5.74, 6) is -0.467. The van der Waals surface area contributed by atoms with Crippen molar-refractivity contribution < 1.29 is 19.4 Å². The van der Waals surface area contributed by atoms with Gasteiger partial charge in [0.15, 0.2) is 0 Å². The fraction of sp³-hybridized carbons (Fsp3) is 0.308. The molecule has 1 atom stereocenters. The Morgan fingerprint density at radius 2 is 1.78 bits per heavy atom. The Labute approximate surface area is 301 Å². The normalized spacial score (nSPS) is 15.0. The Kier molecular flexibility index (Phi) is 9.50. The zero-order chi connectivity index (χ0) is 36.2. The Bertz CT molecular complexity index is 2240. The molecule has 2 aromatic heterocycles. The molecule has 9 nitrogen and oxygen atoms in total. The number of nitrogens with zero attached hydrogens (tertiary/aromatic N) is 3. The van der Waals surface area contributed by atoms with Crippen LogP contribution in [0.25, 0.3) is 27.4 Å². The molecule has 6 rings (SSSR count). The molecule has 1 aliphatic rings. The van der Waals surface area contributed by atoms with Crippen LogP contribution in [-0.4, -0.2) is 52.0 Å². The highest BCUT2D eigenvalue weighted by Crippen LogP contribution is 2.43. The van der Waals surface area contributed by atoms with Crippen LogP contribution in [0.3, 0.4) is 0 Å². The van der Waals surface area contributed by atoms with Crippen molar-refractivity contribution >= 4 is 73.9 Å². The maximum absolute atomic E-state index is 14.9. The van der Waals surface area contributed by atoms with E-state index in [0.717, 1.165) is 49.6 Å². The molecule has 5 aromatic rings. The second-order valence-electron chi connectivity index (χ2n) is 13.1. The molecule has 50 heavy (non-hydrogen) atoms. The average Bonchev–Trinajstić information content (AvgIpc) is 3.58. The highest BCUT2D eigenvalue weighted by atomic mass is 35.5. The van der Waals surface area contributed by atoms with Crippen LogP contribution in [0.4, 0.5) is 5.69 Å². The molecule has 0 spiro atoms. The van der Waals surface area contributed by atoms with Gasteiger partial charge in [0.1, 0.15) is 11.4 Å². The van der Waals surface area contributed by atoms with Gasteiger partial charge in [-0.05, 0) is 101 Å². The Balaban J connectivity index is 1.51. The first-order chi connectivity index (χ1) is 23.7. The summed E-state index contributed by atoms with van der Waals surface area (Å²) in [5.41, 5.74) is 8.33. The maximum atomic E-state index is 14.9. The van der Waals surface area contributed by atoms with E-state index in [-0.39, 0.29) is 17.5 Å². The van der Waals surface area contributed by atoms with E-state index in [2.05, 4.69) is 16.8 Å². The third kappa shape index (κ3) is 5.92. The van der Waals surface area contributed by atoms with Crippen molar-refractivity contribution in [3.63, 3.8) is 0 Å². The number of aromatic carboxylic acids is 1. The number of nitrogens with one attached hydrogen (secondary N) is 2. The first-order valence-electron chi connectivity index (χ1n) is 16.6. The van der Waals surface area contributed by atoms with Crippen LogP contribution in [0.15, 0.2) is 54.4 Å². The van der Waals surface area contributed by atoms with Crippen LogP contribution in [-0.2, 0) is 13.5 Å². The number of aryl methyl sites for hydroxylation is 4. The van der Waals surface area contributed by atoms with E-state index in [9.17, 15) is 14.7 Å². The number of aromatic nitrogens is 2. The number of hydrogen-bond donors (Lipinski definition) is 3. The number of halogens is 2. The molecule has 1 amide bonds. The number of anilines is 1. The van der Waals surface area contributed by atoms with Crippen molar-refractivity contribution in [2.45, 2.75) is 53.5 Å². The van der Waals surface area contributed by atoms with Crippen molar-refractivity contribution in [2.24, 2.45) is 7.05 Å². The number of fused-ring (bicyclic) bond motifs is 4. The van der Waals surface area contributed by atoms with Gasteiger partial charge in [-0.2, -0.15) is 0 Å². The van der Waals surface area contributed by atoms with Gasteiger partial charge in [-0.25, -0.2) is 4.79 Å². The lowest BCUT2D eigenvalue weighted by molar-refractivity contribution is 0.0696. The second kappa shape index (κ2) is 13.5. The van der Waals surface area contributed by atoms with Crippen molar-refractivity contribution in [3.05, 3.63) is 97.9 Å². The molecule has 11 heteroatoms. The standard InChI is InChI=1S/C39H41Cl2N5O4/c1-20-15-26(16-21(2)35(20)41)50-14-8-9-27-28-11-12-30(40)34(33(23(4)42)24(5)43-6)36(28)46-22(3)18-45(38(47)37(27)46)32-19-44(7)31-13-10-25(39(48)49)17-29(31)32/h10-13,15-17,19,22,42-43H,8-9,14,18H2,1-7H3,(H,48,49)/b33-24+,42-23?/t22-/m1/s1. The fourth-order valence-electron chi connectivity index (χ4n) is 7.30. The summed E-state index contributed by atoms with van der Waals surface area (Å²) in [6, 6.07) is 12.5. The number of amides is 1. The van der Waals surface area contributed by atoms with E-state index in [4.69, 9.17) is 33.3 Å². The average molecular weight is 715 g/mol. The van der Waals surface area contributed by atoms with Crippen molar-refractivity contribution in [2.75, 3.05) is 25.1 Å². The molecule has 3 aromatic carbocycles. The van der Waals surface area contributed by atoms with Crippen LogP contribution in [0.5, 0.6) is 5.75 Å². The molecule has 3 heterocycles. The Morgan fingerprint density at radius 1 is 1.08 bits per heavy atom. The van der Waals surface area contributed by atoms with Crippen LogP contribution in [0, 0.1) is 19.3 Å². The fourth-order valence-corrected chi connectivity index (χ4v) is 7.66. The summed E-state index contributed by atoms with van der Waals surface area (Å²) in [6.07, 6.45) is 3.06. The first-order valence-corrected chi connectivity index (χ1v) is 17.3. The summed E-state index contributed by atoms with van der Waals surface area (Å²) in [7, 11) is 3.71. The van der Waals surface area contributed by atoms with Gasteiger partial charge in [-0.15, -0.1) is 0 Å². The van der Waals surface area contributed by atoms with Gasteiger partial charge < -0.3 is 34.6 Å². The number of carboxylic acids is 1. The molecule has 0 unspecified atom stereocenters. The number of carboxylic acid groups (broad SMARTS) is 1. The van der Waals surface area contributed by atoms with E-state index in [1.165, 1.54) is 0 Å². The van der Waals surface area contributed by atoms with E-state index < -0.39 is 5.97 Å². The van der Waals surface area contributed by atoms with Crippen LogP contribution in [0.2, 0.25) is 10.0 Å². The summed E-state index contributed by atoms with van der Waals surface area (Å²) < 4.78 is 10.2. The predicted molar refractivity (Wildman–Crippen MR) is 203 cm³/mol. The summed E-state index contributed by atoms with van der Waals surface area (Å²) in [6.45, 7) is 10.4. The van der Waals surface area contributed by atoms with Crippen molar-refractivity contribution in [1.82, 2.24) is 14.5 Å². The minimum atomic E-state index is -1.03. The van der Waals surface area contributed by atoms with Crippen LogP contribution in [0.1, 0.15) is 76.3 Å². The summed E-state index contributed by atoms with van der Waals surface area (Å²) in [5, 5.41) is 24.5. The zero-order valence-corrected chi connectivity index (χ0v) is 30.8. The lowest BCUT2D eigenvalue weighted by Gasteiger charge is -2.34. The van der Waals surface area contributed by atoms with Gasteiger partial charge in [0, 0.05) is 76.7 Å². The molecular formula is C39H41Cl2N5O4. The zero-order valence-electron chi connectivity index (χ0n) is 29.3. The third-order valence-corrected chi connectivity index (χ3v) is 10.6. The largest absolute Gasteiger partial charge is 0.494 e. The van der Waals surface area contributed by atoms with Crippen LogP contribution >= 0.6 is 23.2 Å². The molecule has 0 saturated carbocycles. The predicted octanol–water partition coefficient (Wildman–Crippen LogP) is 8.98. The summed E-state index contributed by atoms with van der Waals surface area (Å²) in [4.78, 5) is 28.6. The van der Waals surface area contributed by atoms with Gasteiger partial charge in [0.25, 0.3) is 5.91 Å². The van der Waals surface area contributed by atoms with Gasteiger partial charge in [0.05, 0.1) is 28.4 Å². The molecule has 0 radical (unpaired) electrons. The molecule has 1 aliphatic heterocycles. The molecule has 0 saturated heterocycles. The number of hydrogen-bond acceptors (Lipinski definition) is 5. The number of rotatable bonds is 10. The van der Waals surface area contributed by atoms with E-state index in [1.54, 1.807) is 30.0 Å². The maximum Gasteiger partial charge on any atom is 0.335 e. The molecule has 3 N–H and O–H groups in total. The van der Waals surface area contributed by atoms with Crippen LogP contribution < -0.4 is 15.0 Å². The molecular weight excluding hydrogens is 673 g/mol. The lowest BCUT2D eigenvalue weighted by atomic mass is 9.96. The highest BCUT2D eigenvalue weighted by Gasteiger charge is 2.37. The Hall–Kier alpha value is -4.73. The van der Waals surface area contributed by atoms with Gasteiger partial charge in [-0.3, -0.25) is 4.79 Å². The first kappa shape index (κ1) is 35.1. The minimum Gasteiger partial charge on any atom is -0.494 e. The highest BCUT2D eigenvalue weighted by molar-refractivity contribution is 6.37. The number of allylic oxidation sites excluding steroid dienone is 2. The SMILES string of the molecule is CN/C(C)=C(\C(C)=N)c1c(Cl)ccc2c(CCCOc3cc(C)c(Cl)c(C)c3)c3n(c12)[C@H](C)CN(c1cn(C)c2ccc(C(=O)O)cc12)C3=O. The third-order valence-electron chi connectivity index (χ3n) is 9.69. The second-order valence-corrected chi connectivity index (χ2v) is 13.9. The molecule has 0 fully saturated rings. The van der Waals surface area contributed by atoms with Gasteiger partial charge in [0.2, 0.25) is 0 Å². The topological polar surface area (TPSA) is 113 Å². The monoisotopic (exact) mass is 713 g/mol. The number of ether oxygens (including phenoxy) is 1. The van der Waals surface area contributed by atoms with Gasteiger partial charge in [-0.1, -0.05) is 29.3 Å². The van der Waals surface area contributed by atoms with E-state index in [0.29, 0.717) is 64.6 Å².